The molecule has 0 unspecified atom stereocenters. The number of ether oxygens (including phenoxy) is 3. The quantitative estimate of drug-likeness (QED) is 0.144. The molecule has 0 atom stereocenters. The van der Waals surface area contributed by atoms with Crippen molar-refractivity contribution < 1.29 is 23.8 Å². The number of nitrogens with zero attached hydrogens (tertiary/aromatic N) is 1. The normalized spacial score (nSPS) is 10.6. The van der Waals surface area contributed by atoms with Gasteiger partial charge in [0, 0.05) is 0 Å². The highest BCUT2D eigenvalue weighted by Crippen LogP contribution is 2.18. The van der Waals surface area contributed by atoms with E-state index < -0.39 is 5.97 Å². The van der Waals surface area contributed by atoms with E-state index in [1.54, 1.807) is 48.5 Å². The first-order chi connectivity index (χ1) is 16.5. The highest BCUT2D eigenvalue weighted by molar-refractivity contribution is 5.91. The van der Waals surface area contributed by atoms with Gasteiger partial charge in [0.1, 0.15) is 17.2 Å². The van der Waals surface area contributed by atoms with Gasteiger partial charge >= 0.3 is 5.97 Å². The van der Waals surface area contributed by atoms with Crippen molar-refractivity contribution in [2.45, 2.75) is 26.7 Å². The second-order valence-electron chi connectivity index (χ2n) is 7.58. The van der Waals surface area contributed by atoms with Crippen LogP contribution in [0.3, 0.4) is 0 Å². The third-order valence-electron chi connectivity index (χ3n) is 4.74. The first kappa shape index (κ1) is 24.5. The largest absolute Gasteiger partial charge is 0.494 e. The van der Waals surface area contributed by atoms with Crippen molar-refractivity contribution >= 4 is 18.1 Å². The van der Waals surface area contributed by atoms with Gasteiger partial charge in [-0.25, -0.2) is 10.2 Å². The number of carbonyl (C=O) groups excluding carboxylic acids is 2. The fraction of sp³-hybridized carbons (Fsp3) is 0.222. The number of rotatable bonds is 11. The second kappa shape index (κ2) is 12.8. The fourth-order valence-corrected chi connectivity index (χ4v) is 2.80. The molecule has 34 heavy (non-hydrogen) atoms. The molecule has 0 saturated carbocycles. The van der Waals surface area contributed by atoms with Crippen molar-refractivity contribution in [2.24, 2.45) is 5.10 Å². The lowest BCUT2D eigenvalue weighted by molar-refractivity contribution is -0.123. The van der Waals surface area contributed by atoms with Crippen LogP contribution in [0.2, 0.25) is 0 Å². The van der Waals surface area contributed by atoms with Crippen molar-refractivity contribution in [3.05, 3.63) is 89.5 Å². The Morgan fingerprint density at radius 2 is 1.47 bits per heavy atom. The molecule has 0 aliphatic rings. The van der Waals surface area contributed by atoms with Gasteiger partial charge in [-0.1, -0.05) is 31.0 Å². The van der Waals surface area contributed by atoms with Gasteiger partial charge < -0.3 is 14.2 Å². The minimum Gasteiger partial charge on any atom is -0.494 e. The van der Waals surface area contributed by atoms with Crippen molar-refractivity contribution in [1.82, 2.24) is 5.43 Å². The summed E-state index contributed by atoms with van der Waals surface area (Å²) in [5.74, 6) is 0.945. The van der Waals surface area contributed by atoms with Gasteiger partial charge in [-0.05, 0) is 79.6 Å². The summed E-state index contributed by atoms with van der Waals surface area (Å²) in [6.45, 7) is 4.58. The summed E-state index contributed by atoms with van der Waals surface area (Å²) in [5, 5.41) is 3.92. The highest BCUT2D eigenvalue weighted by Gasteiger charge is 2.08. The van der Waals surface area contributed by atoms with Crippen LogP contribution in [0.15, 0.2) is 77.9 Å². The minimum absolute atomic E-state index is 0.165. The predicted octanol–water partition coefficient (Wildman–Crippen LogP) is 4.92. The molecular formula is C27H28N2O5. The van der Waals surface area contributed by atoms with Crippen molar-refractivity contribution in [2.75, 3.05) is 13.2 Å². The number of benzene rings is 3. The summed E-state index contributed by atoms with van der Waals surface area (Å²) in [7, 11) is 0. The summed E-state index contributed by atoms with van der Waals surface area (Å²) in [6, 6.07) is 21.1. The molecule has 0 aliphatic heterocycles. The van der Waals surface area contributed by atoms with E-state index in [0.29, 0.717) is 23.7 Å². The lowest BCUT2D eigenvalue weighted by atomic mass is 10.1. The van der Waals surface area contributed by atoms with Crippen LogP contribution in [-0.4, -0.2) is 31.3 Å². The SMILES string of the molecule is CCCCOc1ccc(OCC(=O)N/N=C\c2ccc(OC(=O)c3ccc(C)cc3)cc2)cc1. The Balaban J connectivity index is 1.40. The monoisotopic (exact) mass is 460 g/mol. The average molecular weight is 461 g/mol. The Morgan fingerprint density at radius 1 is 0.853 bits per heavy atom. The van der Waals surface area contributed by atoms with Crippen LogP contribution in [0.1, 0.15) is 41.3 Å². The zero-order valence-electron chi connectivity index (χ0n) is 19.3. The van der Waals surface area contributed by atoms with Gasteiger partial charge in [-0.2, -0.15) is 5.10 Å². The van der Waals surface area contributed by atoms with Crippen LogP contribution in [-0.2, 0) is 4.79 Å². The van der Waals surface area contributed by atoms with Crippen LogP contribution in [0.5, 0.6) is 17.2 Å². The van der Waals surface area contributed by atoms with Crippen LogP contribution >= 0.6 is 0 Å². The molecule has 0 aromatic heterocycles. The molecule has 0 bridgehead atoms. The van der Waals surface area contributed by atoms with Crippen molar-refractivity contribution in [1.29, 1.82) is 0 Å². The number of hydrazone groups is 1. The number of esters is 1. The number of aryl methyl sites for hydroxylation is 1. The molecule has 3 rings (SSSR count). The molecule has 176 valence electrons. The second-order valence-corrected chi connectivity index (χ2v) is 7.58. The van der Waals surface area contributed by atoms with E-state index in [2.05, 4.69) is 17.5 Å². The average Bonchev–Trinajstić information content (AvgIpc) is 2.85. The van der Waals surface area contributed by atoms with Gasteiger partial charge in [-0.3, -0.25) is 4.79 Å². The number of hydrogen-bond acceptors (Lipinski definition) is 6. The van der Waals surface area contributed by atoms with E-state index in [4.69, 9.17) is 14.2 Å². The number of unbranched alkanes of at least 4 members (excludes halogenated alkanes) is 1. The van der Waals surface area contributed by atoms with Crippen LogP contribution in [0, 0.1) is 6.92 Å². The first-order valence-corrected chi connectivity index (χ1v) is 11.1. The molecule has 0 aliphatic carbocycles. The van der Waals surface area contributed by atoms with E-state index in [1.807, 2.05) is 31.2 Å². The molecule has 0 saturated heterocycles. The Labute approximate surface area is 199 Å². The molecule has 7 nitrogen and oxygen atoms in total. The van der Waals surface area contributed by atoms with Crippen LogP contribution < -0.4 is 19.6 Å². The van der Waals surface area contributed by atoms with Gasteiger partial charge in [0.15, 0.2) is 6.61 Å². The molecular weight excluding hydrogens is 432 g/mol. The molecule has 0 radical (unpaired) electrons. The number of carbonyl (C=O) groups is 2. The third kappa shape index (κ3) is 8.09. The maximum atomic E-state index is 12.2. The molecule has 1 N–H and O–H groups in total. The maximum absolute atomic E-state index is 12.2. The van der Waals surface area contributed by atoms with Gasteiger partial charge in [0.05, 0.1) is 18.4 Å². The Morgan fingerprint density at radius 3 is 2.12 bits per heavy atom. The lowest BCUT2D eigenvalue weighted by Gasteiger charge is -2.08. The first-order valence-electron chi connectivity index (χ1n) is 11.1. The fourth-order valence-electron chi connectivity index (χ4n) is 2.80. The molecule has 0 spiro atoms. The summed E-state index contributed by atoms with van der Waals surface area (Å²) in [4.78, 5) is 24.1. The van der Waals surface area contributed by atoms with E-state index >= 15 is 0 Å². The minimum atomic E-state index is -0.424. The summed E-state index contributed by atoms with van der Waals surface area (Å²) in [6.07, 6.45) is 3.57. The van der Waals surface area contributed by atoms with Crippen LogP contribution in [0.25, 0.3) is 0 Å². The predicted molar refractivity (Wildman–Crippen MR) is 131 cm³/mol. The number of nitrogens with one attached hydrogen (secondary N) is 1. The Kier molecular flexibility index (Phi) is 9.22. The summed E-state index contributed by atoms with van der Waals surface area (Å²) < 4.78 is 16.4. The van der Waals surface area contributed by atoms with E-state index in [1.165, 1.54) is 6.21 Å². The Hall–Kier alpha value is -4.13. The lowest BCUT2D eigenvalue weighted by Crippen LogP contribution is -2.24. The topological polar surface area (TPSA) is 86.2 Å². The number of amides is 1. The van der Waals surface area contributed by atoms with E-state index in [9.17, 15) is 9.59 Å². The number of hydrogen-bond donors (Lipinski definition) is 1. The molecule has 3 aromatic rings. The molecule has 1 amide bonds. The zero-order valence-corrected chi connectivity index (χ0v) is 19.3. The third-order valence-corrected chi connectivity index (χ3v) is 4.74. The standard InChI is InChI=1S/C27H28N2O5/c1-3-4-17-32-23-13-15-24(16-14-23)33-19-26(30)29-28-18-21-7-11-25(12-8-21)34-27(31)22-9-5-20(2)6-10-22/h5-16,18H,3-4,17,19H2,1-2H3,(H,29,30)/b28-18-. The van der Waals surface area contributed by atoms with E-state index in [0.717, 1.165) is 29.7 Å². The molecule has 0 fully saturated rings. The van der Waals surface area contributed by atoms with Crippen molar-refractivity contribution in [3.8, 4) is 17.2 Å². The van der Waals surface area contributed by atoms with Gasteiger partial charge in [0.2, 0.25) is 0 Å². The molecule has 3 aromatic carbocycles. The Bertz CT molecular complexity index is 1090. The van der Waals surface area contributed by atoms with Crippen molar-refractivity contribution in [3.63, 3.8) is 0 Å². The summed E-state index contributed by atoms with van der Waals surface area (Å²) >= 11 is 0. The highest BCUT2D eigenvalue weighted by atomic mass is 16.5. The zero-order chi connectivity index (χ0) is 24.2. The van der Waals surface area contributed by atoms with Gasteiger partial charge in [0.25, 0.3) is 5.91 Å². The smallest absolute Gasteiger partial charge is 0.343 e. The molecule has 7 heteroatoms. The molecule has 0 heterocycles. The summed E-state index contributed by atoms with van der Waals surface area (Å²) in [5.41, 5.74) is 4.70. The van der Waals surface area contributed by atoms with Gasteiger partial charge in [-0.15, -0.1) is 0 Å². The maximum Gasteiger partial charge on any atom is 0.343 e. The van der Waals surface area contributed by atoms with Crippen LogP contribution in [0.4, 0.5) is 0 Å². The van der Waals surface area contributed by atoms with E-state index in [-0.39, 0.29) is 12.5 Å².